The number of carboxylic acids is 1. The molecule has 1 fully saturated rings. The number of alkyl halides is 3. The van der Waals surface area contributed by atoms with Crippen LogP contribution in [0, 0.1) is 0 Å². The van der Waals surface area contributed by atoms with E-state index < -0.39 is 43.5 Å². The standard InChI is InChI=1S/C11H16BF3O6/c1-3-4-5-12-20-7(9(16)17)8(21-12)10(18)19-6(2)11(13,14)15/h6-8H,3-5H2,1-2H3,(H,16,17)/p-1/t6?,7-,8-/m1/s1. The maximum absolute atomic E-state index is 12.3. The zero-order chi connectivity index (χ0) is 16.2. The SMILES string of the molecule is CCCCB1O[C@@H](C(=O)[O-])[C@H](C(=O)OC(C)C(F)(F)F)O1. The Morgan fingerprint density at radius 3 is 2.38 bits per heavy atom. The summed E-state index contributed by atoms with van der Waals surface area (Å²) < 4.78 is 51.1. The molecule has 1 aliphatic heterocycles. The van der Waals surface area contributed by atoms with Crippen LogP contribution in [0.15, 0.2) is 0 Å². The van der Waals surface area contributed by atoms with Crippen LogP contribution in [0.2, 0.25) is 6.32 Å². The van der Waals surface area contributed by atoms with Crippen molar-refractivity contribution in [2.24, 2.45) is 0 Å². The molecule has 0 amide bonds. The molecule has 120 valence electrons. The molecule has 21 heavy (non-hydrogen) atoms. The average Bonchev–Trinajstić information content (AvgIpc) is 2.79. The van der Waals surface area contributed by atoms with Gasteiger partial charge in [-0.3, -0.25) is 0 Å². The molecule has 0 aliphatic carbocycles. The molecule has 1 aliphatic rings. The van der Waals surface area contributed by atoms with Crippen LogP contribution in [0.1, 0.15) is 26.7 Å². The van der Waals surface area contributed by atoms with Crippen molar-refractivity contribution in [3.05, 3.63) is 0 Å². The summed E-state index contributed by atoms with van der Waals surface area (Å²) in [4.78, 5) is 22.5. The summed E-state index contributed by atoms with van der Waals surface area (Å²) in [5.41, 5.74) is 0. The van der Waals surface area contributed by atoms with Crippen LogP contribution in [0.4, 0.5) is 13.2 Å². The van der Waals surface area contributed by atoms with Gasteiger partial charge in [-0.05, 0) is 13.2 Å². The number of halogens is 3. The van der Waals surface area contributed by atoms with Gasteiger partial charge in [0.05, 0.1) is 5.97 Å². The van der Waals surface area contributed by atoms with E-state index in [-0.39, 0.29) is 0 Å². The molecule has 0 N–H and O–H groups in total. The Kier molecular flexibility index (Phi) is 6.03. The molecular formula is C11H15BF3O6-. The maximum Gasteiger partial charge on any atom is 0.458 e. The summed E-state index contributed by atoms with van der Waals surface area (Å²) in [5, 5.41) is 10.9. The molecule has 1 unspecified atom stereocenters. The Hall–Kier alpha value is -1.29. The Balaban J connectivity index is 2.69. The van der Waals surface area contributed by atoms with Gasteiger partial charge in [0.1, 0.15) is 6.10 Å². The number of hydrogen-bond acceptors (Lipinski definition) is 6. The topological polar surface area (TPSA) is 84.9 Å². The van der Waals surface area contributed by atoms with Gasteiger partial charge in [-0.1, -0.05) is 19.8 Å². The van der Waals surface area contributed by atoms with E-state index in [1.807, 2.05) is 6.92 Å². The van der Waals surface area contributed by atoms with Gasteiger partial charge in [0, 0.05) is 0 Å². The van der Waals surface area contributed by atoms with Crippen molar-refractivity contribution in [2.45, 2.75) is 57.5 Å². The highest BCUT2D eigenvalue weighted by Crippen LogP contribution is 2.26. The van der Waals surface area contributed by atoms with Crippen LogP contribution in [-0.4, -0.2) is 43.5 Å². The van der Waals surface area contributed by atoms with Crippen LogP contribution in [0.3, 0.4) is 0 Å². The van der Waals surface area contributed by atoms with E-state index >= 15 is 0 Å². The first kappa shape index (κ1) is 17.8. The van der Waals surface area contributed by atoms with Gasteiger partial charge in [0.2, 0.25) is 0 Å². The molecule has 0 aromatic carbocycles. The van der Waals surface area contributed by atoms with Gasteiger partial charge in [0.15, 0.2) is 12.2 Å². The molecule has 3 atom stereocenters. The molecule has 0 aromatic heterocycles. The molecular weight excluding hydrogens is 296 g/mol. The van der Waals surface area contributed by atoms with Crippen LogP contribution in [-0.2, 0) is 23.6 Å². The average molecular weight is 311 g/mol. The van der Waals surface area contributed by atoms with Gasteiger partial charge < -0.3 is 23.9 Å². The minimum atomic E-state index is -4.74. The van der Waals surface area contributed by atoms with Gasteiger partial charge in [0.25, 0.3) is 0 Å². The number of ether oxygens (including phenoxy) is 1. The Labute approximate surface area is 119 Å². The number of unbranched alkanes of at least 4 members (excludes halogenated alkanes) is 1. The summed E-state index contributed by atoms with van der Waals surface area (Å²) >= 11 is 0. The molecule has 0 saturated carbocycles. The summed E-state index contributed by atoms with van der Waals surface area (Å²) in [6.07, 6.45) is -8.91. The largest absolute Gasteiger partial charge is 0.547 e. The number of hydrogen-bond donors (Lipinski definition) is 0. The Morgan fingerprint density at radius 2 is 1.90 bits per heavy atom. The summed E-state index contributed by atoms with van der Waals surface area (Å²) in [6.45, 7) is 2.51. The lowest BCUT2D eigenvalue weighted by Gasteiger charge is -2.21. The minimum Gasteiger partial charge on any atom is -0.547 e. The highest BCUT2D eigenvalue weighted by molar-refractivity contribution is 6.46. The summed E-state index contributed by atoms with van der Waals surface area (Å²) in [6, 6.07) is 0. The van der Waals surface area contributed by atoms with Gasteiger partial charge in [-0.2, -0.15) is 13.2 Å². The molecule has 1 heterocycles. The molecule has 0 spiro atoms. The molecule has 1 saturated heterocycles. The molecule has 1 rings (SSSR count). The fourth-order valence-electron chi connectivity index (χ4n) is 1.68. The molecule has 6 nitrogen and oxygen atoms in total. The van der Waals surface area contributed by atoms with E-state index in [2.05, 4.69) is 4.74 Å². The highest BCUT2D eigenvalue weighted by Gasteiger charge is 2.47. The molecule has 10 heteroatoms. The van der Waals surface area contributed by atoms with Gasteiger partial charge in [-0.25, -0.2) is 4.79 Å². The van der Waals surface area contributed by atoms with Crippen molar-refractivity contribution < 1.29 is 41.9 Å². The smallest absolute Gasteiger partial charge is 0.458 e. The number of rotatable bonds is 6. The van der Waals surface area contributed by atoms with Crippen molar-refractivity contribution in [1.29, 1.82) is 0 Å². The lowest BCUT2D eigenvalue weighted by molar-refractivity contribution is -0.314. The van der Waals surface area contributed by atoms with Crippen molar-refractivity contribution in [2.75, 3.05) is 0 Å². The van der Waals surface area contributed by atoms with Gasteiger partial charge >= 0.3 is 19.3 Å². The summed E-state index contributed by atoms with van der Waals surface area (Å²) in [7, 11) is -0.980. The third kappa shape index (κ3) is 4.89. The number of carbonyl (C=O) groups excluding carboxylic acids is 2. The minimum absolute atomic E-state index is 0.318. The second-order valence-corrected chi connectivity index (χ2v) is 4.62. The van der Waals surface area contributed by atoms with Crippen molar-refractivity contribution >= 4 is 19.1 Å². The van der Waals surface area contributed by atoms with Crippen LogP contribution in [0.5, 0.6) is 0 Å². The van der Waals surface area contributed by atoms with Crippen LogP contribution >= 0.6 is 0 Å². The molecule has 0 bridgehead atoms. The van der Waals surface area contributed by atoms with E-state index in [0.29, 0.717) is 19.7 Å². The third-order valence-electron chi connectivity index (χ3n) is 2.88. The fourth-order valence-corrected chi connectivity index (χ4v) is 1.68. The first-order chi connectivity index (χ1) is 9.66. The quantitative estimate of drug-likeness (QED) is 0.518. The predicted octanol–water partition coefficient (Wildman–Crippen LogP) is 0.303. The number of aliphatic carboxylic acids is 1. The molecule has 0 aromatic rings. The van der Waals surface area contributed by atoms with E-state index in [1.54, 1.807) is 0 Å². The third-order valence-corrected chi connectivity index (χ3v) is 2.88. The second-order valence-electron chi connectivity index (χ2n) is 4.62. The summed E-state index contributed by atoms with van der Waals surface area (Å²) in [5.74, 6) is -3.18. The molecule has 0 radical (unpaired) electrons. The lowest BCUT2D eigenvalue weighted by atomic mass is 9.83. The zero-order valence-corrected chi connectivity index (χ0v) is 11.5. The van der Waals surface area contributed by atoms with E-state index in [9.17, 15) is 27.9 Å². The number of esters is 1. The number of carboxylic acid groups (broad SMARTS) is 1. The second kappa shape index (κ2) is 7.12. The highest BCUT2D eigenvalue weighted by atomic mass is 19.4. The van der Waals surface area contributed by atoms with E-state index in [0.717, 1.165) is 6.42 Å². The monoisotopic (exact) mass is 311 g/mol. The van der Waals surface area contributed by atoms with E-state index in [1.165, 1.54) is 0 Å². The van der Waals surface area contributed by atoms with Crippen molar-refractivity contribution in [3.8, 4) is 0 Å². The Morgan fingerprint density at radius 1 is 1.33 bits per heavy atom. The first-order valence-electron chi connectivity index (χ1n) is 6.45. The van der Waals surface area contributed by atoms with Crippen molar-refractivity contribution in [3.63, 3.8) is 0 Å². The first-order valence-corrected chi connectivity index (χ1v) is 6.45. The normalized spacial score (nSPS) is 24.0. The zero-order valence-electron chi connectivity index (χ0n) is 11.5. The van der Waals surface area contributed by atoms with Gasteiger partial charge in [-0.15, -0.1) is 0 Å². The Bertz CT molecular complexity index is 389. The van der Waals surface area contributed by atoms with Crippen LogP contribution < -0.4 is 5.11 Å². The van der Waals surface area contributed by atoms with Crippen LogP contribution in [0.25, 0.3) is 0 Å². The number of carbonyl (C=O) groups is 2. The lowest BCUT2D eigenvalue weighted by Crippen LogP contribution is -2.47. The maximum atomic E-state index is 12.3. The predicted molar refractivity (Wildman–Crippen MR) is 61.8 cm³/mol. The van der Waals surface area contributed by atoms with Crippen molar-refractivity contribution in [1.82, 2.24) is 0 Å². The van der Waals surface area contributed by atoms with E-state index in [4.69, 9.17) is 9.31 Å². The fraction of sp³-hybridized carbons (Fsp3) is 0.818.